The lowest BCUT2D eigenvalue weighted by Gasteiger charge is -2.42. The molecular formula is C24H22F4N2O4S3. The van der Waals surface area contributed by atoms with Gasteiger partial charge in [0.15, 0.2) is 5.60 Å². The Bertz CT molecular complexity index is 1420. The molecule has 1 saturated heterocycles. The maximum absolute atomic E-state index is 14.0. The summed E-state index contributed by atoms with van der Waals surface area (Å²) in [7, 11) is -3.86. The zero-order valence-electron chi connectivity index (χ0n) is 19.4. The molecule has 6 nitrogen and oxygen atoms in total. The number of rotatable bonds is 6. The molecule has 2 aromatic carbocycles. The molecule has 0 aliphatic carbocycles. The van der Waals surface area contributed by atoms with Crippen LogP contribution in [0.3, 0.4) is 0 Å². The molecule has 0 amide bonds. The first-order valence-electron chi connectivity index (χ1n) is 11.0. The van der Waals surface area contributed by atoms with Gasteiger partial charge in [-0.05, 0) is 53.8 Å². The summed E-state index contributed by atoms with van der Waals surface area (Å²) in [6.45, 7) is 0.689. The number of hydrogen-bond acceptors (Lipinski definition) is 6. The highest BCUT2D eigenvalue weighted by Crippen LogP contribution is 2.39. The maximum atomic E-state index is 14.0. The number of halogens is 4. The first-order valence-corrected chi connectivity index (χ1v) is 14.0. The fourth-order valence-corrected chi connectivity index (χ4v) is 7.24. The van der Waals surface area contributed by atoms with E-state index in [1.54, 1.807) is 16.3 Å². The van der Waals surface area contributed by atoms with Gasteiger partial charge in [0.1, 0.15) is 10.0 Å². The minimum absolute atomic E-state index is 0.0543. The lowest BCUT2D eigenvalue weighted by molar-refractivity contribution is -0.258. The Morgan fingerprint density at radius 1 is 1.08 bits per heavy atom. The molecule has 13 heteroatoms. The molecule has 1 N–H and O–H groups in total. The Labute approximate surface area is 218 Å². The van der Waals surface area contributed by atoms with Gasteiger partial charge in [0, 0.05) is 25.3 Å². The van der Waals surface area contributed by atoms with Crippen molar-refractivity contribution >= 4 is 43.2 Å². The van der Waals surface area contributed by atoms with E-state index in [1.165, 1.54) is 46.8 Å². The van der Waals surface area contributed by atoms with Crippen molar-refractivity contribution in [3.63, 3.8) is 0 Å². The van der Waals surface area contributed by atoms with Crippen LogP contribution < -0.4 is 4.90 Å². The summed E-state index contributed by atoms with van der Waals surface area (Å²) in [5, 5.41) is 11.6. The van der Waals surface area contributed by atoms with E-state index < -0.39 is 33.7 Å². The number of nitrogens with zero attached hydrogens (tertiary/aromatic N) is 2. The SMILES string of the molecule is C[C@@](O)(c1ccc(N2CCN(S(=O)(=O)c3cccs3)C[C@@H]2C(=S=O)c2cccc(F)c2)cc1)C(F)(F)F. The molecule has 0 spiro atoms. The summed E-state index contributed by atoms with van der Waals surface area (Å²) in [5.41, 5.74) is -2.74. The van der Waals surface area contributed by atoms with E-state index in [4.69, 9.17) is 0 Å². The quantitative estimate of drug-likeness (QED) is 0.274. The fraction of sp³-hybridized carbons (Fsp3) is 0.292. The number of thiophene rings is 1. The third kappa shape index (κ3) is 5.36. The number of sulfonamides is 1. The molecule has 0 radical (unpaired) electrons. The lowest BCUT2D eigenvalue weighted by atomic mass is 9.94. The van der Waals surface area contributed by atoms with Crippen molar-refractivity contribution in [1.82, 2.24) is 4.31 Å². The first-order chi connectivity index (χ1) is 17.4. The second-order valence-electron chi connectivity index (χ2n) is 8.58. The molecule has 1 aliphatic rings. The Kier molecular flexibility index (Phi) is 7.64. The topological polar surface area (TPSA) is 77.9 Å². The van der Waals surface area contributed by atoms with Gasteiger partial charge in [-0.3, -0.25) is 0 Å². The first kappa shape index (κ1) is 27.5. The largest absolute Gasteiger partial charge is 0.421 e. The molecule has 2 atom stereocenters. The van der Waals surface area contributed by atoms with Gasteiger partial charge in [-0.25, -0.2) is 17.0 Å². The van der Waals surface area contributed by atoms with Gasteiger partial charge in [0.25, 0.3) is 10.0 Å². The Balaban J connectivity index is 1.74. The highest BCUT2D eigenvalue weighted by Gasteiger charge is 2.51. The maximum Gasteiger partial charge on any atom is 0.421 e. The number of piperazine rings is 1. The highest BCUT2D eigenvalue weighted by molar-refractivity contribution is 7.91. The number of hydrogen-bond donors (Lipinski definition) is 1. The van der Waals surface area contributed by atoms with Crippen LogP contribution in [0.5, 0.6) is 0 Å². The average molecular weight is 575 g/mol. The van der Waals surface area contributed by atoms with Crippen molar-refractivity contribution in [3.8, 4) is 0 Å². The lowest BCUT2D eigenvalue weighted by Crippen LogP contribution is -2.58. The van der Waals surface area contributed by atoms with Crippen LogP contribution in [-0.4, -0.2) is 58.8 Å². The van der Waals surface area contributed by atoms with Gasteiger partial charge < -0.3 is 10.0 Å². The van der Waals surface area contributed by atoms with Gasteiger partial charge in [0.2, 0.25) is 0 Å². The summed E-state index contributed by atoms with van der Waals surface area (Å²) in [5.74, 6) is -0.576. The normalized spacial score (nSPS) is 18.9. The third-order valence-electron chi connectivity index (χ3n) is 6.25. The van der Waals surface area contributed by atoms with Gasteiger partial charge >= 0.3 is 6.18 Å². The molecule has 0 unspecified atom stereocenters. The minimum atomic E-state index is -4.89. The molecule has 3 aromatic rings. The van der Waals surface area contributed by atoms with Crippen LogP contribution in [0.15, 0.2) is 70.3 Å². The predicted octanol–water partition coefficient (Wildman–Crippen LogP) is 3.97. The molecule has 37 heavy (non-hydrogen) atoms. The van der Waals surface area contributed by atoms with Crippen molar-refractivity contribution < 1.29 is 35.3 Å². The molecule has 0 bridgehead atoms. The van der Waals surface area contributed by atoms with Crippen LogP contribution in [0.25, 0.3) is 0 Å². The van der Waals surface area contributed by atoms with E-state index in [-0.39, 0.29) is 51.1 Å². The minimum Gasteiger partial charge on any atom is -0.376 e. The number of benzene rings is 2. The van der Waals surface area contributed by atoms with Crippen molar-refractivity contribution in [2.24, 2.45) is 0 Å². The van der Waals surface area contributed by atoms with Gasteiger partial charge in [-0.2, -0.15) is 17.5 Å². The fourth-order valence-electron chi connectivity index (χ4n) is 4.13. The monoisotopic (exact) mass is 574 g/mol. The van der Waals surface area contributed by atoms with Crippen LogP contribution >= 0.6 is 11.3 Å². The van der Waals surface area contributed by atoms with E-state index >= 15 is 0 Å². The summed E-state index contributed by atoms with van der Waals surface area (Å²) in [6, 6.07) is 12.6. The molecule has 1 aliphatic heterocycles. The smallest absolute Gasteiger partial charge is 0.376 e. The molecule has 1 fully saturated rings. The standard InChI is InChI=1S/C24H22F4N2O4S3/c1-23(31,24(26,27)28)17-7-9-19(10-8-17)30-12-11-29(37(33,34)21-6-3-13-35-21)15-20(30)22(36-32)16-4-2-5-18(25)14-16/h2-10,13-14,20,31H,11-12,15H2,1H3/t20-,23-/m1/s1. The van der Waals surface area contributed by atoms with E-state index in [2.05, 4.69) is 0 Å². The summed E-state index contributed by atoms with van der Waals surface area (Å²) in [6.07, 6.45) is -4.89. The van der Waals surface area contributed by atoms with Crippen LogP contribution in [-0.2, 0) is 26.9 Å². The van der Waals surface area contributed by atoms with Gasteiger partial charge in [0.05, 0.1) is 22.2 Å². The van der Waals surface area contributed by atoms with Crippen LogP contribution in [0.4, 0.5) is 23.2 Å². The zero-order valence-corrected chi connectivity index (χ0v) is 21.8. The molecule has 198 valence electrons. The van der Waals surface area contributed by atoms with Crippen LogP contribution in [0.2, 0.25) is 0 Å². The summed E-state index contributed by atoms with van der Waals surface area (Å²) < 4.78 is 94.0. The van der Waals surface area contributed by atoms with Gasteiger partial charge in [-0.1, -0.05) is 30.3 Å². The molecule has 0 saturated carbocycles. The average Bonchev–Trinajstić information content (AvgIpc) is 3.40. The second-order valence-corrected chi connectivity index (χ2v) is 12.3. The van der Waals surface area contributed by atoms with Crippen molar-refractivity contribution in [3.05, 3.63) is 83.0 Å². The summed E-state index contributed by atoms with van der Waals surface area (Å²) >= 11 is 1.17. The number of aliphatic hydroxyl groups is 1. The molecule has 4 rings (SSSR count). The molecule has 2 heterocycles. The predicted molar refractivity (Wildman–Crippen MR) is 135 cm³/mol. The van der Waals surface area contributed by atoms with Crippen LogP contribution in [0.1, 0.15) is 18.1 Å². The third-order valence-corrected chi connectivity index (χ3v) is 10.2. The van der Waals surface area contributed by atoms with Crippen molar-refractivity contribution in [2.45, 2.75) is 29.0 Å². The Hall–Kier alpha value is -2.58. The molecular weight excluding hydrogens is 552 g/mol. The zero-order chi connectivity index (χ0) is 27.0. The van der Waals surface area contributed by atoms with E-state index in [0.29, 0.717) is 12.6 Å². The Morgan fingerprint density at radius 3 is 2.35 bits per heavy atom. The highest BCUT2D eigenvalue weighted by atomic mass is 32.2. The van der Waals surface area contributed by atoms with E-state index in [9.17, 15) is 35.3 Å². The number of alkyl halides is 3. The second kappa shape index (κ2) is 10.3. The van der Waals surface area contributed by atoms with Crippen molar-refractivity contribution in [2.75, 3.05) is 24.5 Å². The summed E-state index contributed by atoms with van der Waals surface area (Å²) in [4.78, 5) is 1.87. The van der Waals surface area contributed by atoms with Crippen molar-refractivity contribution in [1.29, 1.82) is 0 Å². The van der Waals surface area contributed by atoms with Gasteiger partial charge in [-0.15, -0.1) is 11.3 Å². The van der Waals surface area contributed by atoms with Crippen LogP contribution in [0, 0.1) is 5.82 Å². The number of anilines is 1. The van der Waals surface area contributed by atoms with E-state index in [0.717, 1.165) is 23.5 Å². The Morgan fingerprint density at radius 2 is 1.78 bits per heavy atom. The van der Waals surface area contributed by atoms with E-state index in [1.807, 2.05) is 0 Å². The molecule has 1 aromatic heterocycles.